The quantitative estimate of drug-likeness (QED) is 0.905. The summed E-state index contributed by atoms with van der Waals surface area (Å²) in [5, 5.41) is 9.66. The molecule has 1 atom stereocenters. The molecule has 0 aliphatic rings. The van der Waals surface area contributed by atoms with Crippen molar-refractivity contribution in [3.8, 4) is 0 Å². The van der Waals surface area contributed by atoms with Crippen LogP contribution in [0.4, 0.5) is 10.1 Å². The van der Waals surface area contributed by atoms with Gasteiger partial charge in [-0.05, 0) is 19.1 Å². The van der Waals surface area contributed by atoms with E-state index in [0.717, 1.165) is 10.2 Å². The molecule has 1 aromatic heterocycles. The van der Waals surface area contributed by atoms with Crippen molar-refractivity contribution in [2.45, 2.75) is 13.0 Å². The molecular formula is C11H11BrFN3. The molecule has 2 N–H and O–H groups in total. The second-order valence-corrected chi connectivity index (χ2v) is 4.43. The van der Waals surface area contributed by atoms with Crippen LogP contribution < -0.4 is 5.32 Å². The lowest BCUT2D eigenvalue weighted by molar-refractivity contribution is 0.599. The molecule has 0 aliphatic carbocycles. The molecule has 1 heterocycles. The summed E-state index contributed by atoms with van der Waals surface area (Å²) in [6.45, 7) is 1.90. The van der Waals surface area contributed by atoms with Gasteiger partial charge in [0.15, 0.2) is 0 Å². The van der Waals surface area contributed by atoms with E-state index < -0.39 is 0 Å². The van der Waals surface area contributed by atoms with Gasteiger partial charge in [-0.15, -0.1) is 0 Å². The van der Waals surface area contributed by atoms with Gasteiger partial charge in [0.1, 0.15) is 5.82 Å². The molecule has 16 heavy (non-hydrogen) atoms. The van der Waals surface area contributed by atoms with Crippen LogP contribution in [0, 0.1) is 5.82 Å². The molecule has 5 heteroatoms. The first-order valence-electron chi connectivity index (χ1n) is 4.87. The van der Waals surface area contributed by atoms with Gasteiger partial charge in [0.2, 0.25) is 0 Å². The second-order valence-electron chi connectivity index (χ2n) is 3.52. The summed E-state index contributed by atoms with van der Waals surface area (Å²) >= 11 is 3.23. The van der Waals surface area contributed by atoms with Crippen LogP contribution in [0.1, 0.15) is 18.5 Å². The highest BCUT2D eigenvalue weighted by Crippen LogP contribution is 2.23. The molecule has 3 nitrogen and oxygen atoms in total. The van der Waals surface area contributed by atoms with E-state index in [4.69, 9.17) is 0 Å². The van der Waals surface area contributed by atoms with E-state index in [0.29, 0.717) is 5.56 Å². The van der Waals surface area contributed by atoms with Gasteiger partial charge in [-0.2, -0.15) is 5.10 Å². The van der Waals surface area contributed by atoms with E-state index in [1.54, 1.807) is 18.5 Å². The summed E-state index contributed by atoms with van der Waals surface area (Å²) in [6.07, 6.45) is 3.39. The van der Waals surface area contributed by atoms with Gasteiger partial charge in [0, 0.05) is 16.2 Å². The largest absolute Gasteiger partial charge is 0.376 e. The van der Waals surface area contributed by atoms with E-state index >= 15 is 0 Å². The zero-order valence-corrected chi connectivity index (χ0v) is 10.3. The molecule has 0 radical (unpaired) electrons. The number of benzene rings is 1. The summed E-state index contributed by atoms with van der Waals surface area (Å²) in [4.78, 5) is 0. The lowest BCUT2D eigenvalue weighted by Gasteiger charge is -2.14. The highest BCUT2D eigenvalue weighted by molar-refractivity contribution is 9.10. The molecule has 0 fully saturated rings. The Hall–Kier alpha value is -1.36. The third-order valence-electron chi connectivity index (χ3n) is 2.31. The minimum atomic E-state index is -0.224. The third kappa shape index (κ3) is 2.41. The standard InChI is InChI=1S/C11H11BrFN3/c1-7(16-9-5-14-15-6-9)10-3-2-8(12)4-11(10)13/h2-7,16H,1H3,(H,14,15). The Kier molecular flexibility index (Phi) is 3.24. The third-order valence-corrected chi connectivity index (χ3v) is 2.80. The monoisotopic (exact) mass is 283 g/mol. The van der Waals surface area contributed by atoms with Crippen molar-refractivity contribution in [1.82, 2.24) is 10.2 Å². The Balaban J connectivity index is 2.17. The molecule has 0 saturated carbocycles. The first-order chi connectivity index (χ1) is 7.66. The molecule has 2 rings (SSSR count). The van der Waals surface area contributed by atoms with Gasteiger partial charge >= 0.3 is 0 Å². The highest BCUT2D eigenvalue weighted by Gasteiger charge is 2.11. The van der Waals surface area contributed by atoms with Crippen molar-refractivity contribution in [3.63, 3.8) is 0 Å². The van der Waals surface area contributed by atoms with Crippen molar-refractivity contribution in [3.05, 3.63) is 46.4 Å². The lowest BCUT2D eigenvalue weighted by atomic mass is 10.1. The van der Waals surface area contributed by atoms with E-state index in [1.165, 1.54) is 6.07 Å². The van der Waals surface area contributed by atoms with Crippen molar-refractivity contribution in [2.24, 2.45) is 0 Å². The van der Waals surface area contributed by atoms with E-state index in [1.807, 2.05) is 13.0 Å². The number of hydrogen-bond donors (Lipinski definition) is 2. The smallest absolute Gasteiger partial charge is 0.129 e. The fourth-order valence-electron chi connectivity index (χ4n) is 1.51. The number of nitrogens with one attached hydrogen (secondary N) is 2. The summed E-state index contributed by atoms with van der Waals surface area (Å²) in [5.74, 6) is -0.224. The number of rotatable bonds is 3. The number of aromatic amines is 1. The van der Waals surface area contributed by atoms with Crippen LogP contribution in [0.3, 0.4) is 0 Å². The van der Waals surface area contributed by atoms with E-state index in [2.05, 4.69) is 31.4 Å². The lowest BCUT2D eigenvalue weighted by Crippen LogP contribution is -2.07. The molecule has 1 unspecified atom stereocenters. The van der Waals surface area contributed by atoms with Gasteiger partial charge < -0.3 is 5.32 Å². The maximum atomic E-state index is 13.6. The van der Waals surface area contributed by atoms with Gasteiger partial charge in [-0.25, -0.2) is 4.39 Å². The predicted molar refractivity (Wildman–Crippen MR) is 64.7 cm³/mol. The summed E-state index contributed by atoms with van der Waals surface area (Å²) in [6, 6.07) is 4.94. The minimum absolute atomic E-state index is 0.106. The molecule has 84 valence electrons. The molecular weight excluding hydrogens is 273 g/mol. The molecule has 0 amide bonds. The van der Waals surface area contributed by atoms with Gasteiger partial charge in [-0.3, -0.25) is 5.10 Å². The maximum absolute atomic E-state index is 13.6. The Morgan fingerprint density at radius 3 is 2.94 bits per heavy atom. The van der Waals surface area contributed by atoms with Crippen molar-refractivity contribution >= 4 is 21.6 Å². The average Bonchev–Trinajstić information content (AvgIpc) is 2.70. The molecule has 1 aromatic carbocycles. The van der Waals surface area contributed by atoms with E-state index in [9.17, 15) is 4.39 Å². The van der Waals surface area contributed by atoms with Crippen molar-refractivity contribution in [1.29, 1.82) is 0 Å². The van der Waals surface area contributed by atoms with Crippen molar-refractivity contribution in [2.75, 3.05) is 5.32 Å². The fourth-order valence-corrected chi connectivity index (χ4v) is 1.84. The molecule has 0 spiro atoms. The van der Waals surface area contributed by atoms with Crippen LogP contribution in [0.15, 0.2) is 35.1 Å². The number of H-pyrrole nitrogens is 1. The topological polar surface area (TPSA) is 40.7 Å². The SMILES string of the molecule is CC(Nc1cn[nH]c1)c1ccc(Br)cc1F. The highest BCUT2D eigenvalue weighted by atomic mass is 79.9. The summed E-state index contributed by atoms with van der Waals surface area (Å²) < 4.78 is 14.4. The fraction of sp³-hybridized carbons (Fsp3) is 0.182. The molecule has 2 aromatic rings. The van der Waals surface area contributed by atoms with Gasteiger partial charge in [0.05, 0.1) is 17.9 Å². The van der Waals surface area contributed by atoms with E-state index in [-0.39, 0.29) is 11.9 Å². The van der Waals surface area contributed by atoms with Crippen molar-refractivity contribution < 1.29 is 4.39 Å². The second kappa shape index (κ2) is 4.65. The zero-order chi connectivity index (χ0) is 11.5. The Bertz CT molecular complexity index is 470. The first kappa shape index (κ1) is 11.1. The van der Waals surface area contributed by atoms with Crippen LogP contribution in [0.2, 0.25) is 0 Å². The zero-order valence-electron chi connectivity index (χ0n) is 8.67. The maximum Gasteiger partial charge on any atom is 0.129 e. The predicted octanol–water partition coefficient (Wildman–Crippen LogP) is 3.48. The van der Waals surface area contributed by atoms with Crippen LogP contribution in [0.25, 0.3) is 0 Å². The minimum Gasteiger partial charge on any atom is -0.376 e. The molecule has 0 saturated heterocycles. The first-order valence-corrected chi connectivity index (χ1v) is 5.66. The number of hydrogen-bond acceptors (Lipinski definition) is 2. The number of aromatic nitrogens is 2. The van der Waals surface area contributed by atoms with Crippen LogP contribution >= 0.6 is 15.9 Å². The number of halogens is 2. The summed E-state index contributed by atoms with van der Waals surface area (Å²) in [5.41, 5.74) is 1.47. The van der Waals surface area contributed by atoms with Gasteiger partial charge in [-0.1, -0.05) is 22.0 Å². The van der Waals surface area contributed by atoms with Crippen LogP contribution in [-0.2, 0) is 0 Å². The molecule has 0 aliphatic heterocycles. The normalized spacial score (nSPS) is 12.4. The Morgan fingerprint density at radius 2 is 2.31 bits per heavy atom. The van der Waals surface area contributed by atoms with Crippen LogP contribution in [0.5, 0.6) is 0 Å². The van der Waals surface area contributed by atoms with Gasteiger partial charge in [0.25, 0.3) is 0 Å². The molecule has 0 bridgehead atoms. The number of nitrogens with zero attached hydrogens (tertiary/aromatic N) is 1. The average molecular weight is 284 g/mol. The number of anilines is 1. The van der Waals surface area contributed by atoms with Crippen LogP contribution in [-0.4, -0.2) is 10.2 Å². The summed E-state index contributed by atoms with van der Waals surface area (Å²) in [7, 11) is 0. The Labute approximate surface area is 101 Å². The Morgan fingerprint density at radius 1 is 1.50 bits per heavy atom.